The molecule has 3 aromatic rings. The second-order valence-electron chi connectivity index (χ2n) is 8.47. The van der Waals surface area contributed by atoms with Crippen LogP contribution in [0.5, 0.6) is 0 Å². The predicted octanol–water partition coefficient (Wildman–Crippen LogP) is 4.31. The SMILES string of the molecule is O=C(NCC(=O)N(Cc1ccccc1)[C@H](C(=O)NC1CCCC1)c1ccccc1)c1cccs1. The summed E-state index contributed by atoms with van der Waals surface area (Å²) in [4.78, 5) is 41.6. The Labute approximate surface area is 204 Å². The van der Waals surface area contributed by atoms with Crippen molar-refractivity contribution >= 4 is 29.1 Å². The number of nitrogens with zero attached hydrogens (tertiary/aromatic N) is 1. The largest absolute Gasteiger partial charge is 0.351 e. The second kappa shape index (κ2) is 11.6. The number of carbonyl (C=O) groups excluding carboxylic acids is 3. The minimum atomic E-state index is -0.798. The Morgan fingerprint density at radius 3 is 2.24 bits per heavy atom. The van der Waals surface area contributed by atoms with E-state index in [-0.39, 0.29) is 36.9 Å². The van der Waals surface area contributed by atoms with E-state index in [4.69, 9.17) is 0 Å². The number of rotatable bonds is 9. The van der Waals surface area contributed by atoms with E-state index in [0.717, 1.165) is 36.8 Å². The molecule has 1 aromatic heterocycles. The number of benzene rings is 2. The van der Waals surface area contributed by atoms with Crippen molar-refractivity contribution in [3.63, 3.8) is 0 Å². The lowest BCUT2D eigenvalue weighted by Gasteiger charge is -2.32. The van der Waals surface area contributed by atoms with Gasteiger partial charge in [0.15, 0.2) is 0 Å². The zero-order chi connectivity index (χ0) is 23.8. The molecule has 0 radical (unpaired) electrons. The lowest BCUT2D eigenvalue weighted by atomic mass is 10.0. The molecule has 1 aliphatic carbocycles. The fraction of sp³-hybridized carbons (Fsp3) is 0.296. The number of nitrogens with one attached hydrogen (secondary N) is 2. The molecule has 1 heterocycles. The zero-order valence-electron chi connectivity index (χ0n) is 19.0. The van der Waals surface area contributed by atoms with Crippen LogP contribution in [0, 0.1) is 0 Å². The van der Waals surface area contributed by atoms with Crippen molar-refractivity contribution in [1.29, 1.82) is 0 Å². The van der Waals surface area contributed by atoms with Crippen molar-refractivity contribution in [1.82, 2.24) is 15.5 Å². The highest BCUT2D eigenvalue weighted by Gasteiger charge is 2.33. The summed E-state index contributed by atoms with van der Waals surface area (Å²) in [5, 5.41) is 7.70. The molecule has 1 saturated carbocycles. The molecule has 7 heteroatoms. The molecule has 176 valence electrons. The first kappa shape index (κ1) is 23.7. The molecule has 1 atom stereocenters. The van der Waals surface area contributed by atoms with Gasteiger partial charge in [-0.05, 0) is 35.4 Å². The maximum atomic E-state index is 13.6. The van der Waals surface area contributed by atoms with Crippen molar-refractivity contribution in [3.05, 3.63) is 94.2 Å². The zero-order valence-corrected chi connectivity index (χ0v) is 19.8. The smallest absolute Gasteiger partial charge is 0.261 e. The first-order chi connectivity index (χ1) is 16.6. The van der Waals surface area contributed by atoms with Crippen LogP contribution in [0.2, 0.25) is 0 Å². The third-order valence-electron chi connectivity index (χ3n) is 6.04. The van der Waals surface area contributed by atoms with Gasteiger partial charge in [-0.25, -0.2) is 0 Å². The van der Waals surface area contributed by atoms with E-state index in [1.165, 1.54) is 11.3 Å². The fourth-order valence-corrected chi connectivity index (χ4v) is 4.95. The molecular formula is C27H29N3O3S. The summed E-state index contributed by atoms with van der Waals surface area (Å²) >= 11 is 1.32. The van der Waals surface area contributed by atoms with Crippen LogP contribution in [0.15, 0.2) is 78.2 Å². The average Bonchev–Trinajstić information content (AvgIpc) is 3.58. The van der Waals surface area contributed by atoms with E-state index >= 15 is 0 Å². The van der Waals surface area contributed by atoms with Gasteiger partial charge in [-0.3, -0.25) is 14.4 Å². The van der Waals surface area contributed by atoms with Crippen LogP contribution in [-0.4, -0.2) is 35.2 Å². The molecule has 2 N–H and O–H groups in total. The first-order valence-electron chi connectivity index (χ1n) is 11.6. The van der Waals surface area contributed by atoms with Crippen LogP contribution < -0.4 is 10.6 Å². The second-order valence-corrected chi connectivity index (χ2v) is 9.42. The third kappa shape index (κ3) is 6.11. The van der Waals surface area contributed by atoms with Crippen LogP contribution >= 0.6 is 11.3 Å². The number of amides is 3. The first-order valence-corrected chi connectivity index (χ1v) is 12.5. The lowest BCUT2D eigenvalue weighted by molar-refractivity contribution is -0.141. The van der Waals surface area contributed by atoms with E-state index < -0.39 is 6.04 Å². The molecule has 0 aliphatic heterocycles. The van der Waals surface area contributed by atoms with Crippen LogP contribution in [0.4, 0.5) is 0 Å². The fourth-order valence-electron chi connectivity index (χ4n) is 4.31. The molecule has 34 heavy (non-hydrogen) atoms. The molecule has 0 unspecified atom stereocenters. The van der Waals surface area contributed by atoms with Crippen LogP contribution in [-0.2, 0) is 16.1 Å². The summed E-state index contributed by atoms with van der Waals surface area (Å²) in [6, 6.07) is 21.8. The normalized spacial score (nSPS) is 14.4. The average molecular weight is 476 g/mol. The molecule has 1 fully saturated rings. The Kier molecular flexibility index (Phi) is 8.09. The molecule has 0 bridgehead atoms. The highest BCUT2D eigenvalue weighted by molar-refractivity contribution is 7.12. The summed E-state index contributed by atoms with van der Waals surface area (Å²) in [7, 11) is 0. The number of hydrogen-bond acceptors (Lipinski definition) is 4. The maximum Gasteiger partial charge on any atom is 0.261 e. The van der Waals surface area contributed by atoms with Crippen molar-refractivity contribution in [2.45, 2.75) is 44.3 Å². The van der Waals surface area contributed by atoms with Gasteiger partial charge in [0, 0.05) is 12.6 Å². The van der Waals surface area contributed by atoms with Gasteiger partial charge in [-0.1, -0.05) is 79.6 Å². The predicted molar refractivity (Wildman–Crippen MR) is 133 cm³/mol. The minimum absolute atomic E-state index is 0.130. The quantitative estimate of drug-likeness (QED) is 0.484. The molecule has 2 aromatic carbocycles. The topological polar surface area (TPSA) is 78.5 Å². The molecule has 4 rings (SSSR count). The summed E-state index contributed by atoms with van der Waals surface area (Å²) in [5.74, 6) is -0.800. The maximum absolute atomic E-state index is 13.6. The molecule has 6 nitrogen and oxygen atoms in total. The van der Waals surface area contributed by atoms with Gasteiger partial charge in [-0.2, -0.15) is 0 Å². The van der Waals surface area contributed by atoms with Crippen LogP contribution in [0.25, 0.3) is 0 Å². The number of carbonyl (C=O) groups is 3. The van der Waals surface area contributed by atoms with Crippen molar-refractivity contribution in [2.24, 2.45) is 0 Å². The van der Waals surface area contributed by atoms with Crippen LogP contribution in [0.1, 0.15) is 52.5 Å². The molecular weight excluding hydrogens is 446 g/mol. The molecule has 0 saturated heterocycles. The summed E-state index contributed by atoms with van der Waals surface area (Å²) in [6.45, 7) is 0.0653. The van der Waals surface area contributed by atoms with Crippen LogP contribution in [0.3, 0.4) is 0 Å². The van der Waals surface area contributed by atoms with Gasteiger partial charge < -0.3 is 15.5 Å². The lowest BCUT2D eigenvalue weighted by Crippen LogP contribution is -2.48. The number of hydrogen-bond donors (Lipinski definition) is 2. The highest BCUT2D eigenvalue weighted by Crippen LogP contribution is 2.26. The Morgan fingerprint density at radius 2 is 1.59 bits per heavy atom. The minimum Gasteiger partial charge on any atom is -0.351 e. The summed E-state index contributed by atoms with van der Waals surface area (Å²) < 4.78 is 0. The van der Waals surface area contributed by atoms with E-state index in [0.29, 0.717) is 4.88 Å². The van der Waals surface area contributed by atoms with Crippen molar-refractivity contribution < 1.29 is 14.4 Å². The summed E-state index contributed by atoms with van der Waals surface area (Å²) in [5.41, 5.74) is 1.65. The van der Waals surface area contributed by atoms with Gasteiger partial charge in [0.05, 0.1) is 11.4 Å². The number of thiophene rings is 1. The van der Waals surface area contributed by atoms with E-state index in [2.05, 4.69) is 10.6 Å². The Balaban J connectivity index is 1.60. The van der Waals surface area contributed by atoms with Gasteiger partial charge in [0.1, 0.15) is 6.04 Å². The van der Waals surface area contributed by atoms with Gasteiger partial charge >= 0.3 is 0 Å². The Morgan fingerprint density at radius 1 is 0.912 bits per heavy atom. The summed E-state index contributed by atoms with van der Waals surface area (Å²) in [6.07, 6.45) is 4.11. The van der Waals surface area contributed by atoms with Crippen molar-refractivity contribution in [2.75, 3.05) is 6.54 Å². The molecule has 0 spiro atoms. The monoisotopic (exact) mass is 475 g/mol. The Hall–Kier alpha value is -3.45. The third-order valence-corrected chi connectivity index (χ3v) is 6.91. The van der Waals surface area contributed by atoms with E-state index in [1.807, 2.05) is 66.0 Å². The standard InChI is InChI=1S/C27H29N3O3S/c31-24(18-28-26(32)23-16-9-17-34-23)30(19-20-10-3-1-4-11-20)25(21-12-5-2-6-13-21)27(33)29-22-14-7-8-15-22/h1-6,9-13,16-17,22,25H,7-8,14-15,18-19H2,(H,28,32)(H,29,33)/t25-/m0/s1. The Bertz CT molecular complexity index is 1080. The van der Waals surface area contributed by atoms with E-state index in [1.54, 1.807) is 17.0 Å². The molecule has 1 aliphatic rings. The van der Waals surface area contributed by atoms with E-state index in [9.17, 15) is 14.4 Å². The van der Waals surface area contributed by atoms with Crippen molar-refractivity contribution in [3.8, 4) is 0 Å². The van der Waals surface area contributed by atoms with Gasteiger partial charge in [0.2, 0.25) is 11.8 Å². The molecule has 3 amide bonds. The highest BCUT2D eigenvalue weighted by atomic mass is 32.1. The van der Waals surface area contributed by atoms with Gasteiger partial charge in [0.25, 0.3) is 5.91 Å². The van der Waals surface area contributed by atoms with Gasteiger partial charge in [-0.15, -0.1) is 11.3 Å².